The number of hydrogen-bond donors (Lipinski definition) is 2. The average Bonchev–Trinajstić information content (AvgIpc) is 2.54. The van der Waals surface area contributed by atoms with Crippen LogP contribution in [0.3, 0.4) is 0 Å². The molecule has 124 valence electrons. The Morgan fingerprint density at radius 2 is 2.13 bits per heavy atom. The standard InChI is InChI=1S/C17H20ClN3O.ClH/c18-14-3-1-2-12-4-5-15(20-16(12)14)21-9-7-17(22)6-8-19-10-13(17)11-21;/h1-5,13,19,22H,6-11H2;1H/t13-,17-;/m0./s1. The molecule has 4 rings (SSSR count). The molecule has 0 saturated carbocycles. The molecule has 2 saturated heterocycles. The maximum absolute atomic E-state index is 10.8. The lowest BCUT2D eigenvalue weighted by Crippen LogP contribution is -2.59. The zero-order valence-corrected chi connectivity index (χ0v) is 14.4. The van der Waals surface area contributed by atoms with Crippen LogP contribution in [-0.2, 0) is 0 Å². The summed E-state index contributed by atoms with van der Waals surface area (Å²) in [5.74, 6) is 1.21. The fourth-order valence-corrected chi connectivity index (χ4v) is 3.93. The Morgan fingerprint density at radius 3 is 3.00 bits per heavy atom. The van der Waals surface area contributed by atoms with Crippen LogP contribution in [0.2, 0.25) is 5.02 Å². The van der Waals surface area contributed by atoms with Crippen molar-refractivity contribution in [2.24, 2.45) is 5.92 Å². The number of rotatable bonds is 1. The first-order valence-electron chi connectivity index (χ1n) is 7.89. The molecule has 2 aliphatic heterocycles. The zero-order valence-electron chi connectivity index (χ0n) is 12.8. The third-order valence-electron chi connectivity index (χ3n) is 5.12. The van der Waals surface area contributed by atoms with Crippen LogP contribution in [0.25, 0.3) is 10.9 Å². The minimum absolute atomic E-state index is 0. The molecule has 0 bridgehead atoms. The summed E-state index contributed by atoms with van der Waals surface area (Å²) >= 11 is 6.27. The molecule has 2 fully saturated rings. The van der Waals surface area contributed by atoms with Gasteiger partial charge in [0.05, 0.1) is 16.1 Å². The summed E-state index contributed by atoms with van der Waals surface area (Å²) in [5, 5.41) is 15.9. The van der Waals surface area contributed by atoms with Gasteiger partial charge in [0.25, 0.3) is 0 Å². The number of hydrogen-bond acceptors (Lipinski definition) is 4. The molecule has 0 radical (unpaired) electrons. The lowest BCUT2D eigenvalue weighted by molar-refractivity contribution is -0.0539. The molecule has 2 aliphatic rings. The van der Waals surface area contributed by atoms with E-state index in [1.165, 1.54) is 0 Å². The Labute approximate surface area is 147 Å². The van der Waals surface area contributed by atoms with Gasteiger partial charge >= 0.3 is 0 Å². The van der Waals surface area contributed by atoms with E-state index >= 15 is 0 Å². The number of nitrogens with one attached hydrogen (secondary N) is 1. The molecule has 6 heteroatoms. The highest BCUT2D eigenvalue weighted by Gasteiger charge is 2.43. The summed E-state index contributed by atoms with van der Waals surface area (Å²) in [6, 6.07) is 9.97. The average molecular weight is 354 g/mol. The predicted octanol–water partition coefficient (Wildman–Crippen LogP) is 2.86. The van der Waals surface area contributed by atoms with E-state index in [9.17, 15) is 5.11 Å². The van der Waals surface area contributed by atoms with Crippen LogP contribution < -0.4 is 10.2 Å². The molecule has 0 amide bonds. The smallest absolute Gasteiger partial charge is 0.129 e. The SMILES string of the molecule is Cl.O[C@]12CCNC[C@H]1CN(c1ccc3cccc(Cl)c3n1)CC2. The molecule has 2 N–H and O–H groups in total. The number of aromatic nitrogens is 1. The van der Waals surface area contributed by atoms with Crippen molar-refractivity contribution in [1.29, 1.82) is 0 Å². The van der Waals surface area contributed by atoms with E-state index in [4.69, 9.17) is 16.6 Å². The van der Waals surface area contributed by atoms with Crippen LogP contribution in [0.15, 0.2) is 30.3 Å². The number of halogens is 2. The summed E-state index contributed by atoms with van der Waals surface area (Å²) in [6.07, 6.45) is 1.66. The second-order valence-corrected chi connectivity index (χ2v) is 6.84. The van der Waals surface area contributed by atoms with Gasteiger partial charge in [-0.05, 0) is 37.6 Å². The van der Waals surface area contributed by atoms with Crippen LogP contribution in [0.1, 0.15) is 12.8 Å². The van der Waals surface area contributed by atoms with Crippen LogP contribution in [0, 0.1) is 5.92 Å². The predicted molar refractivity (Wildman–Crippen MR) is 96.8 cm³/mol. The van der Waals surface area contributed by atoms with Crippen molar-refractivity contribution in [3.63, 3.8) is 0 Å². The maximum Gasteiger partial charge on any atom is 0.129 e. The van der Waals surface area contributed by atoms with Crippen LogP contribution in [0.5, 0.6) is 0 Å². The van der Waals surface area contributed by atoms with Gasteiger partial charge in [0, 0.05) is 30.9 Å². The Kier molecular flexibility index (Phi) is 4.70. The normalized spacial score (nSPS) is 27.4. The van der Waals surface area contributed by atoms with Crippen molar-refractivity contribution in [1.82, 2.24) is 10.3 Å². The van der Waals surface area contributed by atoms with E-state index in [0.717, 1.165) is 55.7 Å². The number of fused-ring (bicyclic) bond motifs is 2. The monoisotopic (exact) mass is 353 g/mol. The Hall–Kier alpha value is -1.07. The van der Waals surface area contributed by atoms with E-state index in [2.05, 4.69) is 22.3 Å². The second-order valence-electron chi connectivity index (χ2n) is 6.43. The van der Waals surface area contributed by atoms with E-state index in [1.54, 1.807) is 0 Å². The molecule has 1 aromatic heterocycles. The molecule has 1 aromatic carbocycles. The van der Waals surface area contributed by atoms with Crippen molar-refractivity contribution >= 4 is 40.7 Å². The number of aliphatic hydroxyl groups is 1. The summed E-state index contributed by atoms with van der Waals surface area (Å²) < 4.78 is 0. The summed E-state index contributed by atoms with van der Waals surface area (Å²) in [7, 11) is 0. The summed E-state index contributed by atoms with van der Waals surface area (Å²) in [6.45, 7) is 3.47. The Balaban J connectivity index is 0.00000156. The van der Waals surface area contributed by atoms with Gasteiger partial charge in [-0.3, -0.25) is 0 Å². The van der Waals surface area contributed by atoms with Crippen molar-refractivity contribution in [2.45, 2.75) is 18.4 Å². The fraction of sp³-hybridized carbons (Fsp3) is 0.471. The zero-order chi connectivity index (χ0) is 15.2. The third-order valence-corrected chi connectivity index (χ3v) is 5.43. The van der Waals surface area contributed by atoms with Gasteiger partial charge in [0.15, 0.2) is 0 Å². The van der Waals surface area contributed by atoms with Crippen LogP contribution in [-0.4, -0.2) is 41.9 Å². The Bertz CT molecular complexity index is 711. The maximum atomic E-state index is 10.8. The Morgan fingerprint density at radius 1 is 1.26 bits per heavy atom. The van der Waals surface area contributed by atoms with Gasteiger partial charge < -0.3 is 15.3 Å². The first kappa shape index (κ1) is 16.8. The molecule has 2 aromatic rings. The number of para-hydroxylation sites is 1. The lowest BCUT2D eigenvalue weighted by Gasteiger charge is -2.47. The minimum atomic E-state index is -0.504. The van der Waals surface area contributed by atoms with Gasteiger partial charge in [0.1, 0.15) is 5.82 Å². The van der Waals surface area contributed by atoms with Crippen molar-refractivity contribution in [3.05, 3.63) is 35.4 Å². The topological polar surface area (TPSA) is 48.4 Å². The van der Waals surface area contributed by atoms with E-state index in [-0.39, 0.29) is 18.3 Å². The molecule has 4 nitrogen and oxygen atoms in total. The number of nitrogens with zero attached hydrogens (tertiary/aromatic N) is 2. The molecule has 0 spiro atoms. The first-order chi connectivity index (χ1) is 10.7. The van der Waals surface area contributed by atoms with Gasteiger partial charge in [-0.15, -0.1) is 12.4 Å². The molecule has 0 aliphatic carbocycles. The van der Waals surface area contributed by atoms with Gasteiger partial charge in [-0.25, -0.2) is 4.98 Å². The number of piperidine rings is 2. The lowest BCUT2D eigenvalue weighted by atomic mass is 9.76. The number of pyridine rings is 1. The molecular formula is C17H21Cl2N3O. The van der Waals surface area contributed by atoms with Crippen molar-refractivity contribution in [3.8, 4) is 0 Å². The molecule has 2 atom stereocenters. The third kappa shape index (κ3) is 3.01. The quantitative estimate of drug-likeness (QED) is 0.827. The van der Waals surface area contributed by atoms with Crippen LogP contribution >= 0.6 is 24.0 Å². The number of benzene rings is 1. The fourth-order valence-electron chi connectivity index (χ4n) is 3.71. The summed E-state index contributed by atoms with van der Waals surface area (Å²) in [4.78, 5) is 7.02. The van der Waals surface area contributed by atoms with E-state index in [0.29, 0.717) is 5.02 Å². The molecule has 3 heterocycles. The highest BCUT2D eigenvalue weighted by molar-refractivity contribution is 6.35. The van der Waals surface area contributed by atoms with Gasteiger partial charge in [0.2, 0.25) is 0 Å². The highest BCUT2D eigenvalue weighted by Crippen LogP contribution is 2.35. The van der Waals surface area contributed by atoms with Gasteiger partial charge in [-0.2, -0.15) is 0 Å². The minimum Gasteiger partial charge on any atom is -0.389 e. The van der Waals surface area contributed by atoms with Gasteiger partial charge in [-0.1, -0.05) is 23.7 Å². The summed E-state index contributed by atoms with van der Waals surface area (Å²) in [5.41, 5.74) is 0.347. The highest BCUT2D eigenvalue weighted by atomic mass is 35.5. The number of anilines is 1. The van der Waals surface area contributed by atoms with Crippen molar-refractivity contribution < 1.29 is 5.11 Å². The second kappa shape index (κ2) is 6.44. The molecule has 0 unspecified atom stereocenters. The molecule has 23 heavy (non-hydrogen) atoms. The van der Waals surface area contributed by atoms with E-state index < -0.39 is 5.60 Å². The largest absolute Gasteiger partial charge is 0.389 e. The van der Waals surface area contributed by atoms with E-state index in [1.807, 2.05) is 18.2 Å². The van der Waals surface area contributed by atoms with Crippen LogP contribution in [0.4, 0.5) is 5.82 Å². The van der Waals surface area contributed by atoms with Crippen molar-refractivity contribution in [2.75, 3.05) is 31.1 Å². The first-order valence-corrected chi connectivity index (χ1v) is 8.27. The molecular weight excluding hydrogens is 333 g/mol.